The van der Waals surface area contributed by atoms with Gasteiger partial charge in [-0.15, -0.1) is 0 Å². The van der Waals surface area contributed by atoms with Crippen LogP contribution in [0.3, 0.4) is 0 Å². The molecule has 0 aliphatic rings. The van der Waals surface area contributed by atoms with Crippen molar-refractivity contribution in [3.05, 3.63) is 123 Å². The topological polar surface area (TPSA) is 96.0 Å². The van der Waals surface area contributed by atoms with Gasteiger partial charge in [0.05, 0.1) is 17.7 Å². The third-order valence-corrected chi connectivity index (χ3v) is 10.3. The van der Waals surface area contributed by atoms with Crippen molar-refractivity contribution in [1.82, 2.24) is 10.2 Å². The summed E-state index contributed by atoms with van der Waals surface area (Å²) in [6.07, 6.45) is 0.164. The third-order valence-electron chi connectivity index (χ3n) is 7.84. The van der Waals surface area contributed by atoms with Crippen LogP contribution in [0.15, 0.2) is 95.9 Å². The maximum atomic E-state index is 14.8. The lowest BCUT2D eigenvalue weighted by atomic mass is 10.0. The summed E-state index contributed by atoms with van der Waals surface area (Å²) in [6, 6.07) is 24.8. The number of rotatable bonds is 14. The van der Waals surface area contributed by atoms with Gasteiger partial charge in [0, 0.05) is 35.1 Å². The lowest BCUT2D eigenvalue weighted by Gasteiger charge is -2.34. The third kappa shape index (κ3) is 9.09. The fraction of sp³-hybridized carbons (Fsp3) is 0.297. The maximum absolute atomic E-state index is 14.8. The SMILES string of the molecule is COc1ccc(C)cc1N(CC(=O)N(Cc1c(Cl)cccc1Cl)[C@H](Cc1ccccc1)C(=O)NCC(C)C)S(=O)(=O)c1ccc(C)cc1. The molecule has 0 saturated heterocycles. The van der Waals surface area contributed by atoms with Gasteiger partial charge < -0.3 is 15.0 Å². The standard InChI is InChI=1S/C37H41Cl2N3O5S/c1-25(2)22-40-37(44)34(21-28-10-7-6-8-11-28)41(23-30-31(38)12-9-13-32(30)39)36(43)24-42(33-20-27(4)16-19-35(33)47-5)48(45,46)29-17-14-26(3)15-18-29/h6-20,25,34H,21-24H2,1-5H3,(H,40,44)/t34-/m1/s1. The second-order valence-electron chi connectivity index (χ2n) is 12.1. The van der Waals surface area contributed by atoms with E-state index >= 15 is 0 Å². The number of aryl methyl sites for hydroxylation is 2. The zero-order chi connectivity index (χ0) is 35.0. The van der Waals surface area contributed by atoms with E-state index in [1.165, 1.54) is 24.1 Å². The average molecular weight is 711 g/mol. The van der Waals surface area contributed by atoms with Crippen molar-refractivity contribution in [2.24, 2.45) is 5.92 Å². The zero-order valence-corrected chi connectivity index (χ0v) is 30.1. The van der Waals surface area contributed by atoms with Gasteiger partial charge in [-0.2, -0.15) is 0 Å². The average Bonchev–Trinajstić information content (AvgIpc) is 3.05. The van der Waals surface area contributed by atoms with E-state index in [-0.39, 0.29) is 41.1 Å². The van der Waals surface area contributed by atoms with E-state index in [1.807, 2.05) is 58.0 Å². The van der Waals surface area contributed by atoms with Gasteiger partial charge in [-0.05, 0) is 67.3 Å². The van der Waals surface area contributed by atoms with Crippen LogP contribution in [0, 0.1) is 19.8 Å². The summed E-state index contributed by atoms with van der Waals surface area (Å²) in [6.45, 7) is 7.23. The summed E-state index contributed by atoms with van der Waals surface area (Å²) in [4.78, 5) is 30.1. The van der Waals surface area contributed by atoms with Crippen molar-refractivity contribution in [1.29, 1.82) is 0 Å². The molecule has 0 saturated carbocycles. The summed E-state index contributed by atoms with van der Waals surface area (Å²) in [7, 11) is -2.87. The van der Waals surface area contributed by atoms with Crippen LogP contribution in [0.1, 0.15) is 36.1 Å². The van der Waals surface area contributed by atoms with Gasteiger partial charge in [0.1, 0.15) is 18.3 Å². The predicted molar refractivity (Wildman–Crippen MR) is 192 cm³/mol. The molecule has 0 bridgehead atoms. The van der Waals surface area contributed by atoms with E-state index in [2.05, 4.69) is 5.32 Å². The quantitative estimate of drug-likeness (QED) is 0.149. The molecule has 0 radical (unpaired) electrons. The number of ether oxygens (including phenoxy) is 1. The summed E-state index contributed by atoms with van der Waals surface area (Å²) in [5, 5.41) is 3.60. The highest BCUT2D eigenvalue weighted by molar-refractivity contribution is 7.92. The molecule has 4 aromatic carbocycles. The Hall–Kier alpha value is -4.05. The molecule has 1 atom stereocenters. The number of benzene rings is 4. The molecule has 0 aliphatic carbocycles. The number of hydrogen-bond acceptors (Lipinski definition) is 5. The molecular formula is C37H41Cl2N3O5S. The highest BCUT2D eigenvalue weighted by Gasteiger charge is 2.36. The molecule has 0 unspecified atom stereocenters. The van der Waals surface area contributed by atoms with Crippen molar-refractivity contribution in [3.8, 4) is 5.75 Å². The predicted octanol–water partition coefficient (Wildman–Crippen LogP) is 7.23. The Labute approximate surface area is 293 Å². The molecule has 0 aromatic heterocycles. The van der Waals surface area contributed by atoms with Crippen LogP contribution in [-0.4, -0.2) is 51.4 Å². The van der Waals surface area contributed by atoms with Crippen LogP contribution in [0.2, 0.25) is 10.0 Å². The number of carbonyl (C=O) groups is 2. The van der Waals surface area contributed by atoms with Crippen LogP contribution < -0.4 is 14.4 Å². The highest BCUT2D eigenvalue weighted by atomic mass is 35.5. The molecule has 48 heavy (non-hydrogen) atoms. The van der Waals surface area contributed by atoms with Crippen molar-refractivity contribution in [2.45, 2.75) is 51.6 Å². The molecule has 0 aliphatic heterocycles. The minimum Gasteiger partial charge on any atom is -0.495 e. The van der Waals surface area contributed by atoms with Gasteiger partial charge in [-0.25, -0.2) is 8.42 Å². The van der Waals surface area contributed by atoms with Gasteiger partial charge in [0.25, 0.3) is 10.0 Å². The van der Waals surface area contributed by atoms with Gasteiger partial charge in [-0.1, -0.05) is 97.2 Å². The molecular weight excluding hydrogens is 669 g/mol. The first-order valence-electron chi connectivity index (χ1n) is 15.6. The van der Waals surface area contributed by atoms with E-state index in [9.17, 15) is 18.0 Å². The molecule has 4 aromatic rings. The lowest BCUT2D eigenvalue weighted by Crippen LogP contribution is -2.53. The number of hydrogen-bond donors (Lipinski definition) is 1. The van der Waals surface area contributed by atoms with E-state index in [0.717, 1.165) is 21.0 Å². The molecule has 2 amide bonds. The van der Waals surface area contributed by atoms with Crippen LogP contribution in [-0.2, 0) is 32.6 Å². The number of carbonyl (C=O) groups excluding carboxylic acids is 2. The summed E-state index contributed by atoms with van der Waals surface area (Å²) >= 11 is 13.2. The molecule has 8 nitrogen and oxygen atoms in total. The number of nitrogens with zero attached hydrogens (tertiary/aromatic N) is 2. The van der Waals surface area contributed by atoms with Crippen LogP contribution in [0.5, 0.6) is 5.75 Å². The smallest absolute Gasteiger partial charge is 0.264 e. The van der Waals surface area contributed by atoms with E-state index in [0.29, 0.717) is 22.2 Å². The number of anilines is 1. The monoisotopic (exact) mass is 709 g/mol. The molecule has 1 N–H and O–H groups in total. The summed E-state index contributed by atoms with van der Waals surface area (Å²) < 4.78 is 35.4. The summed E-state index contributed by atoms with van der Waals surface area (Å²) in [5.41, 5.74) is 3.08. The molecule has 0 spiro atoms. The Morgan fingerprint density at radius 3 is 2.08 bits per heavy atom. The Balaban J connectivity index is 1.88. The molecule has 4 rings (SSSR count). The lowest BCUT2D eigenvalue weighted by molar-refractivity contribution is -0.140. The van der Waals surface area contributed by atoms with Gasteiger partial charge in [-0.3, -0.25) is 13.9 Å². The maximum Gasteiger partial charge on any atom is 0.264 e. The van der Waals surface area contributed by atoms with E-state index in [4.69, 9.17) is 27.9 Å². The van der Waals surface area contributed by atoms with Gasteiger partial charge in [0.15, 0.2) is 0 Å². The van der Waals surface area contributed by atoms with Crippen LogP contribution >= 0.6 is 23.2 Å². The van der Waals surface area contributed by atoms with Crippen molar-refractivity contribution >= 4 is 50.7 Å². The first kappa shape index (κ1) is 36.8. The minimum absolute atomic E-state index is 0.000620. The Morgan fingerprint density at radius 2 is 1.48 bits per heavy atom. The van der Waals surface area contributed by atoms with Crippen molar-refractivity contribution in [2.75, 3.05) is 24.5 Å². The number of nitrogens with one attached hydrogen (secondary N) is 1. The van der Waals surface area contributed by atoms with E-state index in [1.54, 1.807) is 48.5 Å². The number of sulfonamides is 1. The Bertz CT molecular complexity index is 1810. The molecule has 254 valence electrons. The molecule has 0 fully saturated rings. The van der Waals surface area contributed by atoms with Crippen LogP contribution in [0.25, 0.3) is 0 Å². The fourth-order valence-corrected chi connectivity index (χ4v) is 7.11. The highest BCUT2D eigenvalue weighted by Crippen LogP contribution is 2.34. The minimum atomic E-state index is -4.31. The molecule has 0 heterocycles. The second-order valence-corrected chi connectivity index (χ2v) is 14.7. The number of amides is 2. The largest absolute Gasteiger partial charge is 0.495 e. The van der Waals surface area contributed by atoms with Gasteiger partial charge >= 0.3 is 0 Å². The fourth-order valence-electron chi connectivity index (χ4n) is 5.18. The number of methoxy groups -OCH3 is 1. The van der Waals surface area contributed by atoms with Gasteiger partial charge in [0.2, 0.25) is 11.8 Å². The zero-order valence-electron chi connectivity index (χ0n) is 27.7. The van der Waals surface area contributed by atoms with Crippen molar-refractivity contribution < 1.29 is 22.7 Å². The normalized spacial score (nSPS) is 12.0. The van der Waals surface area contributed by atoms with E-state index < -0.39 is 28.5 Å². The Morgan fingerprint density at radius 1 is 0.854 bits per heavy atom. The van der Waals surface area contributed by atoms with Crippen molar-refractivity contribution in [3.63, 3.8) is 0 Å². The number of halogens is 2. The first-order valence-corrected chi connectivity index (χ1v) is 17.8. The second kappa shape index (κ2) is 16.4. The first-order chi connectivity index (χ1) is 22.8. The Kier molecular flexibility index (Phi) is 12.5. The summed E-state index contributed by atoms with van der Waals surface area (Å²) in [5.74, 6) is -0.603. The van der Waals surface area contributed by atoms with Crippen LogP contribution in [0.4, 0.5) is 5.69 Å². The molecule has 11 heteroatoms.